The van der Waals surface area contributed by atoms with Crippen molar-refractivity contribution < 1.29 is 22.1 Å². The van der Waals surface area contributed by atoms with Crippen LogP contribution in [-0.2, 0) is 22.1 Å². The molecule has 0 aromatic heterocycles. The lowest BCUT2D eigenvalue weighted by atomic mass is 10.2. The van der Waals surface area contributed by atoms with Gasteiger partial charge in [-0.2, -0.15) is 0 Å². The van der Waals surface area contributed by atoms with E-state index >= 15 is 0 Å². The lowest BCUT2D eigenvalue weighted by Crippen LogP contribution is -2.51. The van der Waals surface area contributed by atoms with Crippen LogP contribution in [0.4, 0.5) is 0 Å². The SMILES string of the molecule is CCO[Si](C)(CCCNC[SiH2]C(CCCCCN(CC)CC)[Si](OC)(OC)OC)OCC. The molecule has 32 heavy (non-hydrogen) atoms. The van der Waals surface area contributed by atoms with Gasteiger partial charge in [0, 0.05) is 49.2 Å². The third kappa shape index (κ3) is 12.7. The van der Waals surface area contributed by atoms with Gasteiger partial charge in [0.25, 0.3) is 0 Å². The number of nitrogens with one attached hydrogen (secondary N) is 1. The maximum atomic E-state index is 5.95. The van der Waals surface area contributed by atoms with Crippen LogP contribution in [0.3, 0.4) is 0 Å². The highest BCUT2D eigenvalue weighted by Gasteiger charge is 2.46. The molecule has 10 heteroatoms. The minimum Gasteiger partial charge on any atom is -0.395 e. The highest BCUT2D eigenvalue weighted by Crippen LogP contribution is 2.28. The van der Waals surface area contributed by atoms with Crippen molar-refractivity contribution in [3.8, 4) is 0 Å². The molecule has 0 saturated heterocycles. The van der Waals surface area contributed by atoms with Crippen LogP contribution in [0.1, 0.15) is 59.8 Å². The van der Waals surface area contributed by atoms with Crippen molar-refractivity contribution in [1.29, 1.82) is 0 Å². The van der Waals surface area contributed by atoms with E-state index in [1.165, 1.54) is 25.8 Å². The normalized spacial score (nSPS) is 14.2. The Hall–Kier alpha value is 0.371. The Morgan fingerprint density at radius 2 is 1.44 bits per heavy atom. The van der Waals surface area contributed by atoms with E-state index in [0.29, 0.717) is 5.16 Å². The maximum absolute atomic E-state index is 5.95. The molecule has 0 aromatic rings. The summed E-state index contributed by atoms with van der Waals surface area (Å²) in [6, 6.07) is 1.03. The van der Waals surface area contributed by atoms with Crippen LogP contribution in [0.15, 0.2) is 0 Å². The molecule has 0 aliphatic carbocycles. The average molecular weight is 511 g/mol. The standard InChI is InChI=1S/C22H54N2O5Si3/c1-9-24(10-2)19-15-13-14-17-22(32(25-5,26-6)27-7)30-21-23-18-16-20-31(8,28-11-3)29-12-4/h22-23H,9-21,30H2,1-8H3. The largest absolute Gasteiger partial charge is 0.500 e. The second-order valence-corrected chi connectivity index (χ2v) is 17.9. The van der Waals surface area contributed by atoms with E-state index in [1.807, 2.05) is 0 Å². The zero-order valence-electron chi connectivity index (χ0n) is 22.5. The Balaban J connectivity index is 4.50. The molecule has 1 unspecified atom stereocenters. The molecule has 0 heterocycles. The first-order valence-corrected chi connectivity index (χ1v) is 18.9. The number of unbranched alkanes of at least 4 members (excludes halogenated alkanes) is 2. The van der Waals surface area contributed by atoms with Crippen LogP contribution in [0, 0.1) is 0 Å². The molecule has 0 rings (SSSR count). The molecule has 0 radical (unpaired) electrons. The summed E-state index contributed by atoms with van der Waals surface area (Å²) < 4.78 is 29.5. The summed E-state index contributed by atoms with van der Waals surface area (Å²) in [6.45, 7) is 16.7. The quantitative estimate of drug-likeness (QED) is 0.167. The van der Waals surface area contributed by atoms with E-state index in [2.05, 4.69) is 44.5 Å². The van der Waals surface area contributed by atoms with Gasteiger partial charge in [-0.25, -0.2) is 0 Å². The zero-order valence-corrected chi connectivity index (χ0v) is 25.9. The fourth-order valence-electron chi connectivity index (χ4n) is 4.42. The minimum atomic E-state index is -2.58. The van der Waals surface area contributed by atoms with Crippen LogP contribution >= 0.6 is 0 Å². The topological polar surface area (TPSA) is 61.4 Å². The van der Waals surface area contributed by atoms with Crippen molar-refractivity contribution in [2.45, 2.75) is 77.6 Å². The molecule has 0 saturated carbocycles. The second-order valence-electron chi connectivity index (χ2n) is 8.43. The van der Waals surface area contributed by atoms with E-state index < -0.39 is 26.9 Å². The predicted octanol–water partition coefficient (Wildman–Crippen LogP) is 3.35. The average Bonchev–Trinajstić information content (AvgIpc) is 2.79. The van der Waals surface area contributed by atoms with Gasteiger partial charge in [-0.15, -0.1) is 0 Å². The molecule has 1 atom stereocenters. The van der Waals surface area contributed by atoms with Crippen molar-refractivity contribution in [3.63, 3.8) is 0 Å². The van der Waals surface area contributed by atoms with Gasteiger partial charge in [-0.05, 0) is 78.0 Å². The first kappa shape index (κ1) is 32.4. The summed E-state index contributed by atoms with van der Waals surface area (Å²) in [5.41, 5.74) is 0. The summed E-state index contributed by atoms with van der Waals surface area (Å²) >= 11 is 0. The van der Waals surface area contributed by atoms with Gasteiger partial charge in [0.05, 0.1) is 0 Å². The van der Waals surface area contributed by atoms with E-state index in [1.54, 1.807) is 21.3 Å². The van der Waals surface area contributed by atoms with E-state index in [0.717, 1.165) is 57.9 Å². The van der Waals surface area contributed by atoms with Gasteiger partial charge in [0.1, 0.15) is 0 Å². The molecule has 0 amide bonds. The summed E-state index contributed by atoms with van der Waals surface area (Å²) in [4.78, 5) is 2.50. The maximum Gasteiger partial charge on any atom is 0.500 e. The first-order chi connectivity index (χ1) is 15.4. The number of rotatable bonds is 23. The number of hydrogen-bond donors (Lipinski definition) is 1. The molecule has 0 aromatic carbocycles. The Labute approximate surface area is 203 Å². The Kier molecular flexibility index (Phi) is 19.9. The van der Waals surface area contributed by atoms with Crippen molar-refractivity contribution in [1.82, 2.24) is 10.2 Å². The van der Waals surface area contributed by atoms with Gasteiger partial charge in [-0.1, -0.05) is 26.7 Å². The van der Waals surface area contributed by atoms with E-state index in [9.17, 15) is 0 Å². The first-order valence-electron chi connectivity index (χ1n) is 12.8. The highest BCUT2D eigenvalue weighted by molar-refractivity contribution is 6.73. The molecular weight excluding hydrogens is 457 g/mol. The minimum absolute atomic E-state index is 0.438. The molecule has 7 nitrogen and oxygen atoms in total. The van der Waals surface area contributed by atoms with Crippen molar-refractivity contribution in [2.24, 2.45) is 0 Å². The van der Waals surface area contributed by atoms with Gasteiger partial charge in [0.15, 0.2) is 0 Å². The molecule has 0 aliphatic heterocycles. The monoisotopic (exact) mass is 510 g/mol. The predicted molar refractivity (Wildman–Crippen MR) is 142 cm³/mol. The van der Waals surface area contributed by atoms with Crippen LogP contribution in [0.2, 0.25) is 17.8 Å². The fourth-order valence-corrected chi connectivity index (χ4v) is 13.6. The number of nitrogens with zero attached hydrogens (tertiary/aromatic N) is 1. The second kappa shape index (κ2) is 19.7. The summed E-state index contributed by atoms with van der Waals surface area (Å²) in [7, 11) is 0.229. The molecule has 0 aliphatic rings. The zero-order chi connectivity index (χ0) is 24.3. The van der Waals surface area contributed by atoms with E-state index in [4.69, 9.17) is 22.1 Å². The Morgan fingerprint density at radius 1 is 0.844 bits per heavy atom. The highest BCUT2D eigenvalue weighted by atomic mass is 28.4. The van der Waals surface area contributed by atoms with Crippen LogP contribution in [0.5, 0.6) is 0 Å². The van der Waals surface area contributed by atoms with Crippen LogP contribution in [0.25, 0.3) is 0 Å². The summed E-state index contributed by atoms with van der Waals surface area (Å²) in [6.07, 6.45) is 7.06. The fraction of sp³-hybridized carbons (Fsp3) is 1.00. The molecule has 1 N–H and O–H groups in total. The lowest BCUT2D eigenvalue weighted by molar-refractivity contribution is 0.118. The molecule has 0 spiro atoms. The van der Waals surface area contributed by atoms with Crippen LogP contribution < -0.4 is 5.32 Å². The Bertz CT molecular complexity index is 416. The Morgan fingerprint density at radius 3 is 1.94 bits per heavy atom. The van der Waals surface area contributed by atoms with E-state index in [-0.39, 0.29) is 0 Å². The molecule has 194 valence electrons. The van der Waals surface area contributed by atoms with Crippen molar-refractivity contribution >= 4 is 26.9 Å². The summed E-state index contributed by atoms with van der Waals surface area (Å²) in [5, 5.41) is 4.12. The van der Waals surface area contributed by atoms with Gasteiger partial charge >= 0.3 is 17.4 Å². The van der Waals surface area contributed by atoms with Crippen molar-refractivity contribution in [2.75, 3.05) is 66.9 Å². The molecule has 0 fully saturated rings. The smallest absolute Gasteiger partial charge is 0.395 e. The van der Waals surface area contributed by atoms with Crippen molar-refractivity contribution in [3.05, 3.63) is 0 Å². The van der Waals surface area contributed by atoms with Gasteiger partial charge < -0.3 is 32.3 Å². The summed E-state index contributed by atoms with van der Waals surface area (Å²) in [5.74, 6) is 0. The van der Waals surface area contributed by atoms with Gasteiger partial charge in [0.2, 0.25) is 0 Å². The lowest BCUT2D eigenvalue weighted by Gasteiger charge is -2.32. The third-order valence-corrected chi connectivity index (χ3v) is 16.5. The van der Waals surface area contributed by atoms with Crippen LogP contribution in [-0.4, -0.2) is 98.7 Å². The molecule has 0 bridgehead atoms. The molecular formula is C22H54N2O5Si3. The van der Waals surface area contributed by atoms with Gasteiger partial charge in [-0.3, -0.25) is 0 Å². The number of hydrogen-bond acceptors (Lipinski definition) is 7. The third-order valence-electron chi connectivity index (χ3n) is 6.33.